The van der Waals surface area contributed by atoms with Crippen LogP contribution in [0, 0.1) is 12.9 Å². The standard InChI is InChI=1S/C13H11FN2O/c1-9-2-5-11(6-3-9)16-13(17)10-4-7-12(14)15-8-10/h2-8H,1H3,(H,16,17). The average molecular weight is 230 g/mol. The summed E-state index contributed by atoms with van der Waals surface area (Å²) in [5.41, 5.74) is 2.14. The lowest BCUT2D eigenvalue weighted by atomic mass is 10.2. The van der Waals surface area contributed by atoms with Gasteiger partial charge in [-0.25, -0.2) is 4.98 Å². The molecule has 0 fully saturated rings. The van der Waals surface area contributed by atoms with Crippen LogP contribution in [-0.2, 0) is 0 Å². The van der Waals surface area contributed by atoms with Crippen LogP contribution in [0.5, 0.6) is 0 Å². The van der Waals surface area contributed by atoms with Gasteiger partial charge >= 0.3 is 0 Å². The summed E-state index contributed by atoms with van der Waals surface area (Å²) in [4.78, 5) is 15.2. The van der Waals surface area contributed by atoms with Crippen molar-refractivity contribution in [3.05, 3.63) is 59.7 Å². The maximum atomic E-state index is 12.6. The van der Waals surface area contributed by atoms with Gasteiger partial charge in [0.2, 0.25) is 5.95 Å². The number of nitrogens with one attached hydrogen (secondary N) is 1. The van der Waals surface area contributed by atoms with Crippen molar-refractivity contribution >= 4 is 11.6 Å². The van der Waals surface area contributed by atoms with E-state index in [1.807, 2.05) is 31.2 Å². The fourth-order valence-electron chi connectivity index (χ4n) is 1.35. The van der Waals surface area contributed by atoms with Crippen molar-refractivity contribution < 1.29 is 9.18 Å². The van der Waals surface area contributed by atoms with E-state index in [2.05, 4.69) is 10.3 Å². The van der Waals surface area contributed by atoms with E-state index >= 15 is 0 Å². The predicted octanol–water partition coefficient (Wildman–Crippen LogP) is 2.78. The van der Waals surface area contributed by atoms with Crippen LogP contribution < -0.4 is 5.32 Å². The highest BCUT2D eigenvalue weighted by atomic mass is 19.1. The summed E-state index contributed by atoms with van der Waals surface area (Å²) >= 11 is 0. The van der Waals surface area contributed by atoms with Crippen LogP contribution in [0.3, 0.4) is 0 Å². The molecule has 1 amide bonds. The second-order valence-electron chi connectivity index (χ2n) is 3.69. The molecule has 1 aromatic heterocycles. The smallest absolute Gasteiger partial charge is 0.257 e. The molecule has 1 N–H and O–H groups in total. The average Bonchev–Trinajstić information content (AvgIpc) is 2.33. The summed E-state index contributed by atoms with van der Waals surface area (Å²) in [6, 6.07) is 9.97. The SMILES string of the molecule is Cc1ccc(NC(=O)c2ccc(F)nc2)cc1. The zero-order chi connectivity index (χ0) is 12.3. The Kier molecular flexibility index (Phi) is 3.14. The number of hydrogen-bond acceptors (Lipinski definition) is 2. The second kappa shape index (κ2) is 4.74. The second-order valence-corrected chi connectivity index (χ2v) is 3.69. The van der Waals surface area contributed by atoms with Gasteiger partial charge in [-0.05, 0) is 31.2 Å². The molecule has 86 valence electrons. The normalized spacial score (nSPS) is 10.0. The molecule has 4 heteroatoms. The molecule has 1 aromatic carbocycles. The molecule has 2 rings (SSSR count). The number of halogens is 1. The van der Waals surface area contributed by atoms with E-state index in [9.17, 15) is 9.18 Å². The highest BCUT2D eigenvalue weighted by molar-refractivity contribution is 6.03. The minimum atomic E-state index is -0.600. The third-order valence-electron chi connectivity index (χ3n) is 2.30. The molecule has 0 saturated heterocycles. The van der Waals surface area contributed by atoms with Crippen molar-refractivity contribution in [1.29, 1.82) is 0 Å². The summed E-state index contributed by atoms with van der Waals surface area (Å²) in [5, 5.41) is 2.70. The summed E-state index contributed by atoms with van der Waals surface area (Å²) in [6.07, 6.45) is 1.21. The van der Waals surface area contributed by atoms with Crippen LogP contribution in [0.4, 0.5) is 10.1 Å². The van der Waals surface area contributed by atoms with Gasteiger partial charge < -0.3 is 5.32 Å². The number of benzene rings is 1. The Morgan fingerprint density at radius 2 is 1.88 bits per heavy atom. The summed E-state index contributed by atoms with van der Waals surface area (Å²) in [6.45, 7) is 1.97. The van der Waals surface area contributed by atoms with Crippen LogP contribution in [0.25, 0.3) is 0 Å². The summed E-state index contributed by atoms with van der Waals surface area (Å²) in [5.74, 6) is -0.904. The Bertz CT molecular complexity index is 520. The summed E-state index contributed by atoms with van der Waals surface area (Å²) in [7, 11) is 0. The third-order valence-corrected chi connectivity index (χ3v) is 2.30. The van der Waals surface area contributed by atoms with E-state index < -0.39 is 5.95 Å². The van der Waals surface area contributed by atoms with Gasteiger partial charge in [-0.15, -0.1) is 0 Å². The quantitative estimate of drug-likeness (QED) is 0.806. The zero-order valence-corrected chi connectivity index (χ0v) is 9.27. The zero-order valence-electron chi connectivity index (χ0n) is 9.27. The van der Waals surface area contributed by atoms with Crippen molar-refractivity contribution in [2.24, 2.45) is 0 Å². The lowest BCUT2D eigenvalue weighted by molar-refractivity contribution is 0.102. The molecule has 17 heavy (non-hydrogen) atoms. The van der Waals surface area contributed by atoms with Gasteiger partial charge in [-0.2, -0.15) is 4.39 Å². The molecule has 2 aromatic rings. The number of hydrogen-bond donors (Lipinski definition) is 1. The summed E-state index contributed by atoms with van der Waals surface area (Å²) < 4.78 is 12.6. The molecule has 0 aliphatic rings. The third kappa shape index (κ3) is 2.87. The molecule has 1 heterocycles. The van der Waals surface area contributed by atoms with Crippen LogP contribution in [-0.4, -0.2) is 10.9 Å². The van der Waals surface area contributed by atoms with E-state index in [0.29, 0.717) is 11.3 Å². The fraction of sp³-hybridized carbons (Fsp3) is 0.0769. The first kappa shape index (κ1) is 11.3. The fourth-order valence-corrected chi connectivity index (χ4v) is 1.35. The lowest BCUT2D eigenvalue weighted by Crippen LogP contribution is -2.12. The number of amides is 1. The molecule has 0 spiro atoms. The van der Waals surface area contributed by atoms with Crippen LogP contribution in [0.1, 0.15) is 15.9 Å². The number of rotatable bonds is 2. The van der Waals surface area contributed by atoms with Gasteiger partial charge in [-0.3, -0.25) is 4.79 Å². The Morgan fingerprint density at radius 3 is 2.47 bits per heavy atom. The topological polar surface area (TPSA) is 42.0 Å². The number of aryl methyl sites for hydroxylation is 1. The molecule has 0 aliphatic carbocycles. The minimum Gasteiger partial charge on any atom is -0.322 e. The van der Waals surface area contributed by atoms with Crippen molar-refractivity contribution in [3.8, 4) is 0 Å². The highest BCUT2D eigenvalue weighted by Gasteiger charge is 2.06. The molecule has 0 aliphatic heterocycles. The van der Waals surface area contributed by atoms with Crippen LogP contribution >= 0.6 is 0 Å². The Morgan fingerprint density at radius 1 is 1.18 bits per heavy atom. The molecule has 0 atom stereocenters. The van der Waals surface area contributed by atoms with Gasteiger partial charge in [0.1, 0.15) is 0 Å². The molecule has 0 unspecified atom stereocenters. The first-order valence-corrected chi connectivity index (χ1v) is 5.15. The maximum Gasteiger partial charge on any atom is 0.257 e. The molecular formula is C13H11FN2O. The predicted molar refractivity (Wildman–Crippen MR) is 63.3 cm³/mol. The largest absolute Gasteiger partial charge is 0.322 e. The highest BCUT2D eigenvalue weighted by Crippen LogP contribution is 2.10. The number of pyridine rings is 1. The number of anilines is 1. The van der Waals surface area contributed by atoms with Crippen LogP contribution in [0.15, 0.2) is 42.6 Å². The number of nitrogens with zero attached hydrogens (tertiary/aromatic N) is 1. The molecule has 0 saturated carbocycles. The van der Waals surface area contributed by atoms with Crippen LogP contribution in [0.2, 0.25) is 0 Å². The van der Waals surface area contributed by atoms with E-state index in [0.717, 1.165) is 11.6 Å². The van der Waals surface area contributed by atoms with E-state index in [1.54, 1.807) is 0 Å². The molecule has 3 nitrogen and oxygen atoms in total. The first-order valence-electron chi connectivity index (χ1n) is 5.15. The number of aromatic nitrogens is 1. The van der Waals surface area contributed by atoms with Crippen molar-refractivity contribution in [2.75, 3.05) is 5.32 Å². The van der Waals surface area contributed by atoms with Gasteiger partial charge in [-0.1, -0.05) is 17.7 Å². The van der Waals surface area contributed by atoms with Gasteiger partial charge in [0.25, 0.3) is 5.91 Å². The maximum absolute atomic E-state index is 12.6. The first-order chi connectivity index (χ1) is 8.15. The van der Waals surface area contributed by atoms with E-state index in [4.69, 9.17) is 0 Å². The minimum absolute atomic E-state index is 0.304. The number of carbonyl (C=O) groups is 1. The monoisotopic (exact) mass is 230 g/mol. The Balaban J connectivity index is 2.11. The molecular weight excluding hydrogens is 219 g/mol. The Hall–Kier alpha value is -2.23. The number of carbonyl (C=O) groups excluding carboxylic acids is 1. The Labute approximate surface area is 98.3 Å². The van der Waals surface area contributed by atoms with E-state index in [-0.39, 0.29) is 5.91 Å². The van der Waals surface area contributed by atoms with Crippen molar-refractivity contribution in [2.45, 2.75) is 6.92 Å². The van der Waals surface area contributed by atoms with Gasteiger partial charge in [0.05, 0.1) is 5.56 Å². The lowest BCUT2D eigenvalue weighted by Gasteiger charge is -2.05. The van der Waals surface area contributed by atoms with Crippen molar-refractivity contribution in [3.63, 3.8) is 0 Å². The van der Waals surface area contributed by atoms with Crippen molar-refractivity contribution in [1.82, 2.24) is 4.98 Å². The van der Waals surface area contributed by atoms with Gasteiger partial charge in [0.15, 0.2) is 0 Å². The molecule has 0 bridgehead atoms. The van der Waals surface area contributed by atoms with E-state index in [1.165, 1.54) is 12.3 Å². The molecule has 0 radical (unpaired) electrons. The van der Waals surface area contributed by atoms with Gasteiger partial charge in [0, 0.05) is 11.9 Å².